The number of aliphatic imine (C=N–C) groups is 1. The van der Waals surface area contributed by atoms with Crippen molar-refractivity contribution in [2.24, 2.45) is 4.99 Å². The zero-order chi connectivity index (χ0) is 15.6. The van der Waals surface area contributed by atoms with Crippen molar-refractivity contribution in [3.05, 3.63) is 59.7 Å². The van der Waals surface area contributed by atoms with E-state index >= 15 is 0 Å². The Bertz CT molecular complexity index is 724. The molecule has 4 nitrogen and oxygen atoms in total. The van der Waals surface area contributed by atoms with Gasteiger partial charge in [-0.2, -0.15) is 0 Å². The first-order chi connectivity index (χ1) is 11.3. The van der Waals surface area contributed by atoms with Crippen LogP contribution in [0.4, 0.5) is 5.69 Å². The Balaban J connectivity index is 1.64. The third-order valence-electron chi connectivity index (χ3n) is 4.62. The molecule has 2 aliphatic heterocycles. The van der Waals surface area contributed by atoms with Gasteiger partial charge in [0.15, 0.2) is 0 Å². The molecule has 2 aliphatic rings. The normalized spacial score (nSPS) is 19.3. The summed E-state index contributed by atoms with van der Waals surface area (Å²) in [7, 11) is 1.70. The molecule has 0 amide bonds. The van der Waals surface area contributed by atoms with Crippen LogP contribution in [0.1, 0.15) is 11.1 Å². The maximum atomic E-state index is 5.26. The second kappa shape index (κ2) is 5.95. The van der Waals surface area contributed by atoms with E-state index in [-0.39, 0.29) is 0 Å². The SMILES string of the molecule is COc1ccc(CN2c3ccccc3CC2C2=NCCN2)cc1. The summed E-state index contributed by atoms with van der Waals surface area (Å²) in [6, 6.07) is 17.3. The van der Waals surface area contributed by atoms with Gasteiger partial charge in [-0.15, -0.1) is 0 Å². The first-order valence-corrected chi connectivity index (χ1v) is 8.11. The summed E-state index contributed by atoms with van der Waals surface area (Å²) in [5, 5.41) is 3.46. The molecule has 0 bridgehead atoms. The number of nitrogens with zero attached hydrogens (tertiary/aromatic N) is 2. The van der Waals surface area contributed by atoms with Gasteiger partial charge < -0.3 is 15.0 Å². The topological polar surface area (TPSA) is 36.9 Å². The van der Waals surface area contributed by atoms with Crippen LogP contribution in [0.5, 0.6) is 5.75 Å². The molecular weight excluding hydrogens is 286 g/mol. The second-order valence-corrected chi connectivity index (χ2v) is 6.02. The Morgan fingerprint density at radius 2 is 2.00 bits per heavy atom. The lowest BCUT2D eigenvalue weighted by atomic mass is 10.1. The molecule has 0 aliphatic carbocycles. The highest BCUT2D eigenvalue weighted by atomic mass is 16.5. The summed E-state index contributed by atoms with van der Waals surface area (Å²) in [6.45, 7) is 2.73. The summed E-state index contributed by atoms with van der Waals surface area (Å²) in [5.74, 6) is 2.03. The standard InChI is InChI=1S/C19H21N3O/c1-23-16-8-6-14(7-9-16)13-22-17-5-3-2-4-15(17)12-18(22)19-20-10-11-21-19/h2-9,18H,10-13H2,1H3,(H,20,21). The average Bonchev–Trinajstić information content (AvgIpc) is 3.24. The number of hydrogen-bond acceptors (Lipinski definition) is 4. The zero-order valence-corrected chi connectivity index (χ0v) is 13.3. The highest BCUT2D eigenvalue weighted by molar-refractivity contribution is 5.93. The average molecular weight is 307 g/mol. The minimum Gasteiger partial charge on any atom is -0.497 e. The highest BCUT2D eigenvalue weighted by Gasteiger charge is 2.33. The molecular formula is C19H21N3O. The molecule has 0 aromatic heterocycles. The van der Waals surface area contributed by atoms with Gasteiger partial charge in [0.1, 0.15) is 11.6 Å². The number of fused-ring (bicyclic) bond motifs is 1. The van der Waals surface area contributed by atoms with Gasteiger partial charge in [0, 0.05) is 25.2 Å². The molecule has 0 saturated carbocycles. The van der Waals surface area contributed by atoms with Crippen molar-refractivity contribution < 1.29 is 4.74 Å². The number of hydrogen-bond donors (Lipinski definition) is 1. The number of methoxy groups -OCH3 is 1. The lowest BCUT2D eigenvalue weighted by Gasteiger charge is -2.28. The van der Waals surface area contributed by atoms with Crippen LogP contribution in [0, 0.1) is 0 Å². The molecule has 118 valence electrons. The fourth-order valence-electron chi connectivity index (χ4n) is 3.46. The monoisotopic (exact) mass is 307 g/mol. The number of rotatable bonds is 4. The van der Waals surface area contributed by atoms with E-state index in [1.165, 1.54) is 16.8 Å². The summed E-state index contributed by atoms with van der Waals surface area (Å²) in [4.78, 5) is 7.13. The first kappa shape index (κ1) is 14.1. The molecule has 4 rings (SSSR count). The summed E-state index contributed by atoms with van der Waals surface area (Å²) < 4.78 is 5.26. The van der Waals surface area contributed by atoms with Gasteiger partial charge in [0.25, 0.3) is 0 Å². The van der Waals surface area contributed by atoms with E-state index in [2.05, 4.69) is 51.6 Å². The molecule has 2 aromatic rings. The van der Waals surface area contributed by atoms with Crippen molar-refractivity contribution >= 4 is 11.5 Å². The van der Waals surface area contributed by atoms with Crippen LogP contribution in [0.25, 0.3) is 0 Å². The van der Waals surface area contributed by atoms with Gasteiger partial charge in [-0.25, -0.2) is 0 Å². The number of amidine groups is 1. The molecule has 0 fully saturated rings. The first-order valence-electron chi connectivity index (χ1n) is 8.11. The highest BCUT2D eigenvalue weighted by Crippen LogP contribution is 2.34. The number of nitrogens with one attached hydrogen (secondary N) is 1. The zero-order valence-electron chi connectivity index (χ0n) is 13.3. The predicted molar refractivity (Wildman–Crippen MR) is 93.4 cm³/mol. The third kappa shape index (κ3) is 2.65. The van der Waals surface area contributed by atoms with Crippen LogP contribution in [0.3, 0.4) is 0 Å². The van der Waals surface area contributed by atoms with E-state index in [4.69, 9.17) is 4.74 Å². The van der Waals surface area contributed by atoms with E-state index in [1.54, 1.807) is 7.11 Å². The Morgan fingerprint density at radius 1 is 1.17 bits per heavy atom. The summed E-state index contributed by atoms with van der Waals surface area (Å²) in [5.41, 5.74) is 4.01. The molecule has 23 heavy (non-hydrogen) atoms. The van der Waals surface area contributed by atoms with E-state index in [0.717, 1.165) is 37.6 Å². The Hall–Kier alpha value is -2.49. The molecule has 1 unspecified atom stereocenters. The van der Waals surface area contributed by atoms with Crippen LogP contribution in [0.2, 0.25) is 0 Å². The third-order valence-corrected chi connectivity index (χ3v) is 4.62. The molecule has 0 saturated heterocycles. The van der Waals surface area contributed by atoms with E-state index < -0.39 is 0 Å². The summed E-state index contributed by atoms with van der Waals surface area (Å²) >= 11 is 0. The Kier molecular flexibility index (Phi) is 3.66. The number of ether oxygens (including phenoxy) is 1. The van der Waals surface area contributed by atoms with Crippen molar-refractivity contribution in [1.82, 2.24) is 5.32 Å². The number of anilines is 1. The largest absolute Gasteiger partial charge is 0.497 e. The summed E-state index contributed by atoms with van der Waals surface area (Å²) in [6.07, 6.45) is 1.03. The van der Waals surface area contributed by atoms with E-state index in [0.29, 0.717) is 6.04 Å². The van der Waals surface area contributed by atoms with Gasteiger partial charge in [0.05, 0.1) is 19.7 Å². The van der Waals surface area contributed by atoms with Gasteiger partial charge in [0.2, 0.25) is 0 Å². The van der Waals surface area contributed by atoms with Crippen molar-refractivity contribution in [3.8, 4) is 5.75 Å². The minimum absolute atomic E-state index is 0.317. The Morgan fingerprint density at radius 3 is 2.74 bits per heavy atom. The molecule has 2 heterocycles. The maximum Gasteiger partial charge on any atom is 0.120 e. The fourth-order valence-corrected chi connectivity index (χ4v) is 3.46. The van der Waals surface area contributed by atoms with Crippen LogP contribution < -0.4 is 15.0 Å². The van der Waals surface area contributed by atoms with Crippen molar-refractivity contribution in [3.63, 3.8) is 0 Å². The molecule has 4 heteroatoms. The molecule has 0 spiro atoms. The number of para-hydroxylation sites is 1. The molecule has 1 atom stereocenters. The van der Waals surface area contributed by atoms with Crippen LogP contribution in [-0.2, 0) is 13.0 Å². The Labute approximate surface area is 136 Å². The maximum absolute atomic E-state index is 5.26. The predicted octanol–water partition coefficient (Wildman–Crippen LogP) is 2.63. The fraction of sp³-hybridized carbons (Fsp3) is 0.316. The van der Waals surface area contributed by atoms with Gasteiger partial charge >= 0.3 is 0 Å². The van der Waals surface area contributed by atoms with Crippen LogP contribution in [0.15, 0.2) is 53.5 Å². The van der Waals surface area contributed by atoms with Gasteiger partial charge in [-0.3, -0.25) is 4.99 Å². The van der Waals surface area contributed by atoms with Gasteiger partial charge in [-0.1, -0.05) is 30.3 Å². The smallest absolute Gasteiger partial charge is 0.120 e. The molecule has 2 aromatic carbocycles. The van der Waals surface area contributed by atoms with E-state index in [9.17, 15) is 0 Å². The molecule has 0 radical (unpaired) electrons. The van der Waals surface area contributed by atoms with Crippen molar-refractivity contribution in [1.29, 1.82) is 0 Å². The van der Waals surface area contributed by atoms with Crippen molar-refractivity contribution in [2.45, 2.75) is 19.0 Å². The van der Waals surface area contributed by atoms with Gasteiger partial charge in [-0.05, 0) is 29.3 Å². The van der Waals surface area contributed by atoms with Crippen LogP contribution >= 0.6 is 0 Å². The number of benzene rings is 2. The van der Waals surface area contributed by atoms with E-state index in [1.807, 2.05) is 12.1 Å². The molecule has 1 N–H and O–H groups in total. The van der Waals surface area contributed by atoms with Crippen LogP contribution in [-0.4, -0.2) is 32.1 Å². The van der Waals surface area contributed by atoms with Crippen molar-refractivity contribution in [2.75, 3.05) is 25.1 Å². The minimum atomic E-state index is 0.317. The quantitative estimate of drug-likeness (QED) is 0.943. The second-order valence-electron chi connectivity index (χ2n) is 6.02. The lowest BCUT2D eigenvalue weighted by Crippen LogP contribution is -2.43. The lowest BCUT2D eigenvalue weighted by molar-refractivity contribution is 0.414.